The molecule has 0 saturated carbocycles. The fourth-order valence-electron chi connectivity index (χ4n) is 1.20. The molecule has 0 amide bonds. The van der Waals surface area contributed by atoms with Crippen molar-refractivity contribution in [3.05, 3.63) is 0 Å². The van der Waals surface area contributed by atoms with Gasteiger partial charge in [0.05, 0.1) is 6.10 Å². The molecule has 0 aromatic heterocycles. The predicted octanol–water partition coefficient (Wildman–Crippen LogP) is 2.83. The van der Waals surface area contributed by atoms with E-state index in [2.05, 4.69) is 34.6 Å². The number of rotatable bonds is 4. The van der Waals surface area contributed by atoms with E-state index in [1.807, 2.05) is 0 Å². The number of aliphatic hydroxyl groups is 1. The predicted molar refractivity (Wildman–Crippen MR) is 49.5 cm³/mol. The van der Waals surface area contributed by atoms with Gasteiger partial charge in [-0.3, -0.25) is 0 Å². The van der Waals surface area contributed by atoms with Crippen LogP contribution in [0.15, 0.2) is 0 Å². The van der Waals surface area contributed by atoms with E-state index in [1.54, 1.807) is 0 Å². The average Bonchev–Trinajstić information content (AvgIpc) is 2.01. The molecule has 0 bridgehead atoms. The van der Waals surface area contributed by atoms with Gasteiger partial charge in [0.15, 0.2) is 0 Å². The maximum Gasteiger partial charge on any atom is 0.0616 e. The molecule has 0 aliphatic rings. The van der Waals surface area contributed by atoms with E-state index in [1.165, 1.54) is 0 Å². The van der Waals surface area contributed by atoms with E-state index in [-0.39, 0.29) is 11.5 Å². The Morgan fingerprint density at radius 2 is 1.73 bits per heavy atom. The molecule has 0 fully saturated rings. The second-order valence-corrected chi connectivity index (χ2v) is 4.17. The summed E-state index contributed by atoms with van der Waals surface area (Å²) in [4.78, 5) is 0. The van der Waals surface area contributed by atoms with Gasteiger partial charge < -0.3 is 5.11 Å². The summed E-state index contributed by atoms with van der Waals surface area (Å²) in [7, 11) is 0. The van der Waals surface area contributed by atoms with Crippen LogP contribution in [0.25, 0.3) is 0 Å². The highest BCUT2D eigenvalue weighted by Gasteiger charge is 2.29. The third kappa shape index (κ3) is 2.82. The van der Waals surface area contributed by atoms with Crippen LogP contribution >= 0.6 is 0 Å². The largest absolute Gasteiger partial charge is 0.392 e. The van der Waals surface area contributed by atoms with Crippen LogP contribution in [-0.4, -0.2) is 11.2 Å². The van der Waals surface area contributed by atoms with Crippen molar-refractivity contribution < 1.29 is 5.11 Å². The lowest BCUT2D eigenvalue weighted by Gasteiger charge is -2.33. The minimum Gasteiger partial charge on any atom is -0.392 e. The van der Waals surface area contributed by atoms with Gasteiger partial charge in [-0.05, 0) is 17.8 Å². The molecule has 0 saturated heterocycles. The zero-order valence-electron chi connectivity index (χ0n) is 8.52. The second-order valence-electron chi connectivity index (χ2n) is 4.17. The molecule has 2 unspecified atom stereocenters. The molecule has 1 nitrogen and oxygen atoms in total. The Balaban J connectivity index is 4.10. The Labute approximate surface area is 70.8 Å². The van der Waals surface area contributed by atoms with Gasteiger partial charge in [0.1, 0.15) is 0 Å². The van der Waals surface area contributed by atoms with Crippen LogP contribution in [-0.2, 0) is 0 Å². The van der Waals surface area contributed by atoms with Crippen LogP contribution in [0.2, 0.25) is 0 Å². The molecule has 2 atom stereocenters. The summed E-state index contributed by atoms with van der Waals surface area (Å²) >= 11 is 0. The molecule has 68 valence electrons. The topological polar surface area (TPSA) is 20.2 Å². The van der Waals surface area contributed by atoms with Crippen LogP contribution < -0.4 is 0 Å². The molecule has 0 rings (SSSR count). The SMILES string of the molecule is CCC(C)C(O)C(C)(C)CC. The van der Waals surface area contributed by atoms with E-state index in [0.29, 0.717) is 5.92 Å². The van der Waals surface area contributed by atoms with Crippen molar-refractivity contribution in [2.45, 2.75) is 53.6 Å². The van der Waals surface area contributed by atoms with Crippen molar-refractivity contribution >= 4 is 0 Å². The first kappa shape index (κ1) is 11.0. The van der Waals surface area contributed by atoms with Crippen molar-refractivity contribution in [3.8, 4) is 0 Å². The Hall–Kier alpha value is -0.0400. The van der Waals surface area contributed by atoms with Gasteiger partial charge in [0, 0.05) is 0 Å². The Kier molecular flexibility index (Phi) is 4.09. The van der Waals surface area contributed by atoms with Gasteiger partial charge in [0.25, 0.3) is 0 Å². The molecule has 0 aliphatic carbocycles. The molecular formula is C10H22O. The van der Waals surface area contributed by atoms with Crippen LogP contribution in [0.1, 0.15) is 47.5 Å². The quantitative estimate of drug-likeness (QED) is 0.667. The van der Waals surface area contributed by atoms with E-state index in [0.717, 1.165) is 12.8 Å². The Morgan fingerprint density at radius 1 is 1.27 bits per heavy atom. The standard InChI is InChI=1S/C10H22O/c1-6-8(3)9(11)10(4,5)7-2/h8-9,11H,6-7H2,1-5H3. The zero-order chi connectivity index (χ0) is 9.07. The fourth-order valence-corrected chi connectivity index (χ4v) is 1.20. The van der Waals surface area contributed by atoms with Crippen molar-refractivity contribution in [1.82, 2.24) is 0 Å². The van der Waals surface area contributed by atoms with Crippen molar-refractivity contribution in [2.24, 2.45) is 11.3 Å². The van der Waals surface area contributed by atoms with E-state index in [4.69, 9.17) is 0 Å². The highest BCUT2D eigenvalue weighted by Crippen LogP contribution is 2.30. The van der Waals surface area contributed by atoms with Crippen LogP contribution in [0, 0.1) is 11.3 Å². The maximum atomic E-state index is 9.85. The molecule has 11 heavy (non-hydrogen) atoms. The molecule has 0 radical (unpaired) electrons. The zero-order valence-corrected chi connectivity index (χ0v) is 8.52. The van der Waals surface area contributed by atoms with E-state index < -0.39 is 0 Å². The Morgan fingerprint density at radius 3 is 2.00 bits per heavy atom. The second kappa shape index (κ2) is 4.10. The van der Waals surface area contributed by atoms with Crippen molar-refractivity contribution in [1.29, 1.82) is 0 Å². The lowest BCUT2D eigenvalue weighted by molar-refractivity contribution is 0.00384. The molecular weight excluding hydrogens is 136 g/mol. The minimum absolute atomic E-state index is 0.0788. The summed E-state index contributed by atoms with van der Waals surface area (Å²) in [5, 5.41) is 9.85. The summed E-state index contributed by atoms with van der Waals surface area (Å²) in [6.45, 7) is 10.6. The van der Waals surface area contributed by atoms with Crippen molar-refractivity contribution in [3.63, 3.8) is 0 Å². The van der Waals surface area contributed by atoms with Crippen LogP contribution in [0.3, 0.4) is 0 Å². The molecule has 0 aliphatic heterocycles. The first-order valence-electron chi connectivity index (χ1n) is 4.63. The molecule has 0 spiro atoms. The van der Waals surface area contributed by atoms with Gasteiger partial charge in [-0.2, -0.15) is 0 Å². The molecule has 0 heterocycles. The van der Waals surface area contributed by atoms with Gasteiger partial charge in [-0.25, -0.2) is 0 Å². The van der Waals surface area contributed by atoms with Gasteiger partial charge >= 0.3 is 0 Å². The minimum atomic E-state index is -0.155. The number of hydrogen-bond donors (Lipinski definition) is 1. The van der Waals surface area contributed by atoms with Crippen LogP contribution in [0.5, 0.6) is 0 Å². The summed E-state index contributed by atoms with van der Waals surface area (Å²) in [5.41, 5.74) is 0.0788. The van der Waals surface area contributed by atoms with Crippen LogP contribution in [0.4, 0.5) is 0 Å². The van der Waals surface area contributed by atoms with Gasteiger partial charge in [-0.15, -0.1) is 0 Å². The summed E-state index contributed by atoms with van der Waals surface area (Å²) in [5.74, 6) is 0.421. The van der Waals surface area contributed by atoms with E-state index >= 15 is 0 Å². The summed E-state index contributed by atoms with van der Waals surface area (Å²) < 4.78 is 0. The normalized spacial score (nSPS) is 18.0. The monoisotopic (exact) mass is 158 g/mol. The third-order valence-electron chi connectivity index (χ3n) is 2.89. The Bertz CT molecular complexity index is 107. The highest BCUT2D eigenvalue weighted by molar-refractivity contribution is 4.79. The third-order valence-corrected chi connectivity index (χ3v) is 2.89. The number of hydrogen-bond acceptors (Lipinski definition) is 1. The smallest absolute Gasteiger partial charge is 0.0616 e. The maximum absolute atomic E-state index is 9.85. The first-order chi connectivity index (χ1) is 4.95. The number of aliphatic hydroxyl groups excluding tert-OH is 1. The lowest BCUT2D eigenvalue weighted by Crippen LogP contribution is -2.33. The first-order valence-corrected chi connectivity index (χ1v) is 4.63. The fraction of sp³-hybridized carbons (Fsp3) is 1.00. The summed E-state index contributed by atoms with van der Waals surface area (Å²) in [6.07, 6.45) is 1.95. The average molecular weight is 158 g/mol. The lowest BCUT2D eigenvalue weighted by atomic mass is 9.77. The highest BCUT2D eigenvalue weighted by atomic mass is 16.3. The molecule has 0 aromatic rings. The molecule has 1 heteroatoms. The van der Waals surface area contributed by atoms with Crippen molar-refractivity contribution in [2.75, 3.05) is 0 Å². The van der Waals surface area contributed by atoms with Gasteiger partial charge in [0.2, 0.25) is 0 Å². The summed E-state index contributed by atoms with van der Waals surface area (Å²) in [6, 6.07) is 0. The molecule has 1 N–H and O–H groups in total. The van der Waals surface area contributed by atoms with Gasteiger partial charge in [-0.1, -0.05) is 41.0 Å². The van der Waals surface area contributed by atoms with E-state index in [9.17, 15) is 5.11 Å². The molecule has 0 aromatic carbocycles.